The zero-order valence-electron chi connectivity index (χ0n) is 14.9. The number of fused-ring (bicyclic) bond motifs is 1. The monoisotopic (exact) mass is 348 g/mol. The van der Waals surface area contributed by atoms with E-state index >= 15 is 0 Å². The third-order valence-corrected chi connectivity index (χ3v) is 5.03. The lowest BCUT2D eigenvalue weighted by atomic mass is 10.1. The predicted octanol–water partition coefficient (Wildman–Crippen LogP) is 4.06. The van der Waals surface area contributed by atoms with E-state index in [-0.39, 0.29) is 5.43 Å². The van der Waals surface area contributed by atoms with Gasteiger partial charge in [0, 0.05) is 29.2 Å². The van der Waals surface area contributed by atoms with E-state index in [1.807, 2.05) is 48.5 Å². The normalized spacial score (nSPS) is 15.2. The van der Waals surface area contributed by atoms with Crippen LogP contribution in [0.3, 0.4) is 0 Å². The van der Waals surface area contributed by atoms with Crippen molar-refractivity contribution < 1.29 is 4.74 Å². The van der Waals surface area contributed by atoms with Crippen LogP contribution in [0.25, 0.3) is 22.2 Å². The van der Waals surface area contributed by atoms with Gasteiger partial charge in [0.2, 0.25) is 0 Å². The lowest BCUT2D eigenvalue weighted by molar-refractivity contribution is 0.183. The number of aromatic amines is 1. The van der Waals surface area contributed by atoms with Crippen LogP contribution in [0.4, 0.5) is 0 Å². The highest BCUT2D eigenvalue weighted by Crippen LogP contribution is 2.21. The summed E-state index contributed by atoms with van der Waals surface area (Å²) < 4.78 is 5.88. The molecule has 4 nitrogen and oxygen atoms in total. The van der Waals surface area contributed by atoms with E-state index in [9.17, 15) is 4.79 Å². The Hall–Kier alpha value is -2.59. The van der Waals surface area contributed by atoms with Crippen LogP contribution < -0.4 is 10.2 Å². The van der Waals surface area contributed by atoms with Crippen molar-refractivity contribution in [2.75, 3.05) is 26.2 Å². The summed E-state index contributed by atoms with van der Waals surface area (Å²) in [6.07, 6.45) is 3.97. The highest BCUT2D eigenvalue weighted by atomic mass is 16.5. The van der Waals surface area contributed by atoms with Gasteiger partial charge in [0.25, 0.3) is 0 Å². The molecule has 26 heavy (non-hydrogen) atoms. The van der Waals surface area contributed by atoms with Crippen molar-refractivity contribution in [3.05, 3.63) is 64.8 Å². The molecule has 1 aliphatic heterocycles. The SMILES string of the molecule is O=c1cc(-c2ccc(OCCN3CCCCC3)cc2)[nH]c2ccccc12. The number of aromatic nitrogens is 1. The van der Waals surface area contributed by atoms with Gasteiger partial charge in [0.05, 0.1) is 0 Å². The van der Waals surface area contributed by atoms with Crippen LogP contribution in [-0.2, 0) is 0 Å². The van der Waals surface area contributed by atoms with Gasteiger partial charge in [-0.1, -0.05) is 18.6 Å². The summed E-state index contributed by atoms with van der Waals surface area (Å²) in [6.45, 7) is 4.08. The first-order valence-corrected chi connectivity index (χ1v) is 9.37. The largest absolute Gasteiger partial charge is 0.492 e. The number of rotatable bonds is 5. The van der Waals surface area contributed by atoms with Crippen molar-refractivity contribution >= 4 is 10.9 Å². The van der Waals surface area contributed by atoms with Gasteiger partial charge in [-0.05, 0) is 67.9 Å². The van der Waals surface area contributed by atoms with Crippen LogP contribution in [0.5, 0.6) is 5.75 Å². The molecule has 0 aliphatic carbocycles. The van der Waals surface area contributed by atoms with Crippen LogP contribution in [0.15, 0.2) is 59.4 Å². The minimum atomic E-state index is 0.0382. The molecule has 1 fully saturated rings. The number of nitrogens with zero attached hydrogens (tertiary/aromatic N) is 1. The number of hydrogen-bond donors (Lipinski definition) is 1. The average molecular weight is 348 g/mol. The van der Waals surface area contributed by atoms with Gasteiger partial charge in [-0.15, -0.1) is 0 Å². The molecule has 3 aromatic rings. The summed E-state index contributed by atoms with van der Waals surface area (Å²) >= 11 is 0. The summed E-state index contributed by atoms with van der Waals surface area (Å²) in [5, 5.41) is 0.717. The summed E-state index contributed by atoms with van der Waals surface area (Å²) in [5.41, 5.74) is 2.71. The quantitative estimate of drug-likeness (QED) is 0.756. The maximum absolute atomic E-state index is 12.3. The molecule has 134 valence electrons. The van der Waals surface area contributed by atoms with E-state index in [0.717, 1.165) is 29.1 Å². The molecule has 2 aromatic carbocycles. The van der Waals surface area contributed by atoms with Crippen molar-refractivity contribution in [3.63, 3.8) is 0 Å². The fourth-order valence-electron chi connectivity index (χ4n) is 3.56. The zero-order chi connectivity index (χ0) is 17.8. The molecule has 0 bridgehead atoms. The second-order valence-corrected chi connectivity index (χ2v) is 6.87. The number of nitrogens with one attached hydrogen (secondary N) is 1. The van der Waals surface area contributed by atoms with Gasteiger partial charge in [0.15, 0.2) is 5.43 Å². The van der Waals surface area contributed by atoms with Crippen molar-refractivity contribution in [3.8, 4) is 17.0 Å². The number of hydrogen-bond acceptors (Lipinski definition) is 3. The smallest absolute Gasteiger partial charge is 0.190 e. The maximum Gasteiger partial charge on any atom is 0.190 e. The van der Waals surface area contributed by atoms with Crippen molar-refractivity contribution in [1.82, 2.24) is 9.88 Å². The third kappa shape index (κ3) is 3.81. The molecule has 0 saturated carbocycles. The summed E-state index contributed by atoms with van der Waals surface area (Å²) in [6, 6.07) is 17.2. The minimum absolute atomic E-state index is 0.0382. The molecule has 0 amide bonds. The Bertz CT molecular complexity index is 925. The van der Waals surface area contributed by atoms with E-state index in [4.69, 9.17) is 4.74 Å². The van der Waals surface area contributed by atoms with Crippen LogP contribution in [0.1, 0.15) is 19.3 Å². The number of H-pyrrole nitrogens is 1. The van der Waals surface area contributed by atoms with Gasteiger partial charge < -0.3 is 9.72 Å². The first kappa shape index (κ1) is 16.9. The number of likely N-dealkylation sites (tertiary alicyclic amines) is 1. The van der Waals surface area contributed by atoms with E-state index in [0.29, 0.717) is 12.0 Å². The molecule has 4 rings (SSSR count). The van der Waals surface area contributed by atoms with Crippen LogP contribution >= 0.6 is 0 Å². The number of benzene rings is 2. The number of para-hydroxylation sites is 1. The molecule has 4 heteroatoms. The Morgan fingerprint density at radius 2 is 1.73 bits per heavy atom. The molecule has 2 heterocycles. The topological polar surface area (TPSA) is 45.3 Å². The molecule has 0 unspecified atom stereocenters. The second kappa shape index (κ2) is 7.75. The van der Waals surface area contributed by atoms with E-state index in [2.05, 4.69) is 9.88 Å². The fourth-order valence-corrected chi connectivity index (χ4v) is 3.56. The molecule has 1 aliphatic rings. The Morgan fingerprint density at radius 1 is 0.962 bits per heavy atom. The number of piperidine rings is 1. The first-order valence-electron chi connectivity index (χ1n) is 9.37. The van der Waals surface area contributed by atoms with Gasteiger partial charge >= 0.3 is 0 Å². The number of pyridine rings is 1. The molecule has 1 saturated heterocycles. The summed E-state index contributed by atoms with van der Waals surface area (Å²) in [7, 11) is 0. The Morgan fingerprint density at radius 3 is 2.54 bits per heavy atom. The maximum atomic E-state index is 12.3. The van der Waals surface area contributed by atoms with Crippen molar-refractivity contribution in [2.45, 2.75) is 19.3 Å². The average Bonchev–Trinajstić information content (AvgIpc) is 2.69. The Kier molecular flexibility index (Phi) is 5.02. The first-order chi connectivity index (χ1) is 12.8. The highest BCUT2D eigenvalue weighted by Gasteiger charge is 2.09. The summed E-state index contributed by atoms with van der Waals surface area (Å²) in [4.78, 5) is 18.1. The molecular weight excluding hydrogens is 324 g/mol. The second-order valence-electron chi connectivity index (χ2n) is 6.87. The molecule has 1 aromatic heterocycles. The highest BCUT2D eigenvalue weighted by molar-refractivity contribution is 5.81. The zero-order valence-corrected chi connectivity index (χ0v) is 14.9. The molecule has 0 radical (unpaired) electrons. The van der Waals surface area contributed by atoms with Gasteiger partial charge in [-0.3, -0.25) is 9.69 Å². The number of ether oxygens (including phenoxy) is 1. The fraction of sp³-hybridized carbons (Fsp3) is 0.318. The van der Waals surface area contributed by atoms with Crippen molar-refractivity contribution in [1.29, 1.82) is 0 Å². The van der Waals surface area contributed by atoms with Gasteiger partial charge in [-0.25, -0.2) is 0 Å². The van der Waals surface area contributed by atoms with Crippen molar-refractivity contribution in [2.24, 2.45) is 0 Å². The van der Waals surface area contributed by atoms with E-state index in [1.165, 1.54) is 32.4 Å². The van der Waals surface area contributed by atoms with Crippen LogP contribution in [-0.4, -0.2) is 36.1 Å². The Balaban J connectivity index is 1.43. The molecular formula is C22H24N2O2. The van der Waals surface area contributed by atoms with E-state index in [1.54, 1.807) is 6.07 Å². The van der Waals surface area contributed by atoms with Gasteiger partial charge in [0.1, 0.15) is 12.4 Å². The lowest BCUT2D eigenvalue weighted by Gasteiger charge is -2.26. The lowest BCUT2D eigenvalue weighted by Crippen LogP contribution is -2.33. The molecule has 0 spiro atoms. The van der Waals surface area contributed by atoms with Gasteiger partial charge in [-0.2, -0.15) is 0 Å². The van der Waals surface area contributed by atoms with Crippen LogP contribution in [0.2, 0.25) is 0 Å². The molecule has 0 atom stereocenters. The predicted molar refractivity (Wildman–Crippen MR) is 106 cm³/mol. The minimum Gasteiger partial charge on any atom is -0.492 e. The Labute approximate surface area is 153 Å². The molecule has 1 N–H and O–H groups in total. The summed E-state index contributed by atoms with van der Waals surface area (Å²) in [5.74, 6) is 0.869. The van der Waals surface area contributed by atoms with Crippen LogP contribution in [0, 0.1) is 0 Å². The third-order valence-electron chi connectivity index (χ3n) is 5.03. The standard InChI is InChI=1S/C22H24N2O2/c25-22-16-21(23-20-7-3-2-6-19(20)22)17-8-10-18(11-9-17)26-15-14-24-12-4-1-5-13-24/h2-3,6-11,16H,1,4-5,12-15H2,(H,23,25). The van der Waals surface area contributed by atoms with E-state index < -0.39 is 0 Å².